The van der Waals surface area contributed by atoms with Crippen molar-refractivity contribution in [2.45, 2.75) is 12.7 Å². The standard InChI is InChI=1S/C11H15S/c1-10(2)8-12-9-11-6-4-3-5-7-11/h3-7,10H,1,8-9H2,2H3/t10-/m0/s1. The Morgan fingerprint density at radius 1 is 1.33 bits per heavy atom. The van der Waals surface area contributed by atoms with E-state index in [1.165, 1.54) is 5.56 Å². The van der Waals surface area contributed by atoms with E-state index in [2.05, 4.69) is 44.2 Å². The highest BCUT2D eigenvalue weighted by Crippen LogP contribution is 2.14. The highest BCUT2D eigenvalue weighted by molar-refractivity contribution is 7.98. The van der Waals surface area contributed by atoms with E-state index in [0.29, 0.717) is 5.92 Å². The maximum Gasteiger partial charge on any atom is 0.0184 e. The van der Waals surface area contributed by atoms with Crippen LogP contribution in [-0.4, -0.2) is 5.75 Å². The molecular formula is C11H15S. The molecule has 1 heteroatoms. The van der Waals surface area contributed by atoms with Gasteiger partial charge in [0.15, 0.2) is 0 Å². The van der Waals surface area contributed by atoms with Gasteiger partial charge >= 0.3 is 0 Å². The van der Waals surface area contributed by atoms with E-state index < -0.39 is 0 Å². The molecule has 0 saturated carbocycles. The summed E-state index contributed by atoms with van der Waals surface area (Å²) in [6, 6.07) is 10.6. The highest BCUT2D eigenvalue weighted by atomic mass is 32.2. The molecule has 1 aromatic rings. The summed E-state index contributed by atoms with van der Waals surface area (Å²) in [6.07, 6.45) is 0. The van der Waals surface area contributed by atoms with E-state index in [-0.39, 0.29) is 0 Å². The van der Waals surface area contributed by atoms with Crippen molar-refractivity contribution in [2.24, 2.45) is 5.92 Å². The monoisotopic (exact) mass is 179 g/mol. The summed E-state index contributed by atoms with van der Waals surface area (Å²) >= 11 is 1.95. The van der Waals surface area contributed by atoms with Crippen LogP contribution >= 0.6 is 11.8 Å². The third kappa shape index (κ3) is 3.82. The molecule has 0 aliphatic rings. The van der Waals surface area contributed by atoms with Crippen LogP contribution in [0.1, 0.15) is 12.5 Å². The fourth-order valence-electron chi connectivity index (χ4n) is 0.952. The number of hydrogen-bond donors (Lipinski definition) is 0. The smallest absolute Gasteiger partial charge is 0.0184 e. The average Bonchev–Trinajstić information content (AvgIpc) is 2.05. The first-order valence-corrected chi connectivity index (χ1v) is 5.39. The molecule has 12 heavy (non-hydrogen) atoms. The van der Waals surface area contributed by atoms with Gasteiger partial charge in [0, 0.05) is 5.75 Å². The molecule has 0 amide bonds. The maximum atomic E-state index is 3.95. The lowest BCUT2D eigenvalue weighted by atomic mass is 10.2. The zero-order valence-corrected chi connectivity index (χ0v) is 8.31. The van der Waals surface area contributed by atoms with E-state index >= 15 is 0 Å². The number of thioether (sulfide) groups is 1. The number of benzene rings is 1. The zero-order chi connectivity index (χ0) is 8.81. The fraction of sp³-hybridized carbons (Fsp3) is 0.364. The summed E-state index contributed by atoms with van der Waals surface area (Å²) in [5.74, 6) is 2.81. The van der Waals surface area contributed by atoms with Gasteiger partial charge < -0.3 is 0 Å². The van der Waals surface area contributed by atoms with Gasteiger partial charge in [0.05, 0.1) is 0 Å². The summed E-state index contributed by atoms with van der Waals surface area (Å²) in [6.45, 7) is 6.10. The largest absolute Gasteiger partial charge is 0.157 e. The van der Waals surface area contributed by atoms with Crippen LogP contribution in [0.5, 0.6) is 0 Å². The van der Waals surface area contributed by atoms with Gasteiger partial charge in [-0.15, -0.1) is 0 Å². The molecule has 1 radical (unpaired) electrons. The van der Waals surface area contributed by atoms with Gasteiger partial charge in [0.25, 0.3) is 0 Å². The van der Waals surface area contributed by atoms with Crippen molar-refractivity contribution >= 4 is 11.8 Å². The first kappa shape index (κ1) is 9.66. The molecule has 0 bridgehead atoms. The topological polar surface area (TPSA) is 0 Å². The Hall–Kier alpha value is -0.430. The summed E-state index contributed by atoms with van der Waals surface area (Å²) in [5, 5.41) is 0. The molecule has 0 aliphatic carbocycles. The van der Waals surface area contributed by atoms with Gasteiger partial charge in [-0.3, -0.25) is 0 Å². The quantitative estimate of drug-likeness (QED) is 0.682. The van der Waals surface area contributed by atoms with E-state index in [1.807, 2.05) is 11.8 Å². The molecule has 0 aliphatic heterocycles. The van der Waals surface area contributed by atoms with E-state index in [1.54, 1.807) is 0 Å². The number of hydrogen-bond acceptors (Lipinski definition) is 1. The Labute approximate surface area is 79.4 Å². The van der Waals surface area contributed by atoms with E-state index in [0.717, 1.165) is 11.5 Å². The molecule has 0 heterocycles. The summed E-state index contributed by atoms with van der Waals surface area (Å²) < 4.78 is 0. The van der Waals surface area contributed by atoms with Gasteiger partial charge in [-0.1, -0.05) is 37.3 Å². The summed E-state index contributed by atoms with van der Waals surface area (Å²) in [7, 11) is 0. The van der Waals surface area contributed by atoms with Gasteiger partial charge in [-0.25, -0.2) is 0 Å². The van der Waals surface area contributed by atoms with Crippen LogP contribution in [-0.2, 0) is 5.75 Å². The van der Waals surface area contributed by atoms with Gasteiger partial charge in [-0.2, -0.15) is 11.8 Å². The van der Waals surface area contributed by atoms with E-state index in [4.69, 9.17) is 0 Å². The SMILES string of the molecule is [CH2][C@@H](C)CSCc1ccccc1. The third-order valence-electron chi connectivity index (χ3n) is 1.51. The molecule has 0 N–H and O–H groups in total. The normalized spacial score (nSPS) is 10.6. The second kappa shape index (κ2) is 5.26. The maximum absolute atomic E-state index is 3.95. The minimum absolute atomic E-state index is 0.554. The molecule has 0 aromatic heterocycles. The molecule has 0 spiro atoms. The Morgan fingerprint density at radius 2 is 2.00 bits per heavy atom. The lowest BCUT2D eigenvalue weighted by Crippen LogP contribution is -1.91. The number of rotatable bonds is 4. The lowest BCUT2D eigenvalue weighted by molar-refractivity contribution is 0.842. The van der Waals surface area contributed by atoms with Gasteiger partial charge in [0.2, 0.25) is 0 Å². The van der Waals surface area contributed by atoms with Crippen molar-refractivity contribution in [1.82, 2.24) is 0 Å². The van der Waals surface area contributed by atoms with Crippen molar-refractivity contribution in [1.29, 1.82) is 0 Å². The first-order chi connectivity index (χ1) is 5.79. The minimum Gasteiger partial charge on any atom is -0.157 e. The summed E-state index contributed by atoms with van der Waals surface area (Å²) in [5.41, 5.74) is 1.41. The van der Waals surface area contributed by atoms with Crippen LogP contribution in [0.3, 0.4) is 0 Å². The van der Waals surface area contributed by atoms with E-state index in [9.17, 15) is 0 Å². The van der Waals surface area contributed by atoms with Crippen LogP contribution in [0, 0.1) is 12.8 Å². The van der Waals surface area contributed by atoms with Crippen LogP contribution in [0.2, 0.25) is 0 Å². The lowest BCUT2D eigenvalue weighted by Gasteiger charge is -2.03. The Balaban J connectivity index is 2.25. The highest BCUT2D eigenvalue weighted by Gasteiger charge is 1.95. The predicted molar refractivity (Wildman–Crippen MR) is 57.1 cm³/mol. The predicted octanol–water partition coefficient (Wildman–Crippen LogP) is 3.39. The van der Waals surface area contributed by atoms with Crippen LogP contribution < -0.4 is 0 Å². The first-order valence-electron chi connectivity index (χ1n) is 4.24. The molecule has 1 rings (SSSR count). The Kier molecular flexibility index (Phi) is 4.23. The average molecular weight is 179 g/mol. The van der Waals surface area contributed by atoms with Crippen molar-refractivity contribution in [2.75, 3.05) is 5.75 Å². The Morgan fingerprint density at radius 3 is 2.58 bits per heavy atom. The minimum atomic E-state index is 0.554. The molecule has 0 fully saturated rings. The second-order valence-electron chi connectivity index (χ2n) is 3.11. The van der Waals surface area contributed by atoms with Crippen molar-refractivity contribution in [3.8, 4) is 0 Å². The van der Waals surface area contributed by atoms with Crippen molar-refractivity contribution in [3.63, 3.8) is 0 Å². The fourth-order valence-corrected chi connectivity index (χ4v) is 1.90. The second-order valence-corrected chi connectivity index (χ2v) is 4.14. The molecular weight excluding hydrogens is 164 g/mol. The Bertz CT molecular complexity index is 204. The zero-order valence-electron chi connectivity index (χ0n) is 7.49. The molecule has 0 saturated heterocycles. The molecule has 0 unspecified atom stereocenters. The molecule has 1 aromatic carbocycles. The van der Waals surface area contributed by atoms with Crippen molar-refractivity contribution < 1.29 is 0 Å². The van der Waals surface area contributed by atoms with Crippen LogP contribution in [0.15, 0.2) is 30.3 Å². The molecule has 0 nitrogen and oxygen atoms in total. The third-order valence-corrected chi connectivity index (χ3v) is 2.86. The van der Waals surface area contributed by atoms with Crippen LogP contribution in [0.25, 0.3) is 0 Å². The summed E-state index contributed by atoms with van der Waals surface area (Å²) in [4.78, 5) is 0. The van der Waals surface area contributed by atoms with Gasteiger partial charge in [-0.05, 0) is 24.2 Å². The van der Waals surface area contributed by atoms with Crippen LogP contribution in [0.4, 0.5) is 0 Å². The van der Waals surface area contributed by atoms with Crippen molar-refractivity contribution in [3.05, 3.63) is 42.8 Å². The molecule has 65 valence electrons. The van der Waals surface area contributed by atoms with Gasteiger partial charge in [0.1, 0.15) is 0 Å². The molecule has 1 atom stereocenters.